The Labute approximate surface area is 77.8 Å². The van der Waals surface area contributed by atoms with Crippen LogP contribution in [-0.2, 0) is 14.6 Å². The first kappa shape index (κ1) is 10.5. The van der Waals surface area contributed by atoms with Crippen LogP contribution in [0.4, 0.5) is 0 Å². The summed E-state index contributed by atoms with van der Waals surface area (Å²) in [6.45, 7) is 0.448. The van der Waals surface area contributed by atoms with Crippen LogP contribution in [0.25, 0.3) is 0 Å². The van der Waals surface area contributed by atoms with E-state index in [0.29, 0.717) is 6.54 Å². The molecule has 1 aliphatic rings. The molecule has 6 heteroatoms. The topological polar surface area (TPSA) is 75.3 Å². The number of hydrogen-bond acceptors (Lipinski definition) is 4. The van der Waals surface area contributed by atoms with Gasteiger partial charge in [0.2, 0.25) is 5.91 Å². The number of carbonyl (C=O) groups is 1. The Bertz CT molecular complexity index is 286. The zero-order valence-corrected chi connectivity index (χ0v) is 8.36. The minimum absolute atomic E-state index is 0.0699. The first-order valence-corrected chi connectivity index (χ1v) is 6.00. The maximum Gasteiger partial charge on any atom is 0.221 e. The van der Waals surface area contributed by atoms with Gasteiger partial charge in [0.1, 0.15) is 0 Å². The largest absolute Gasteiger partial charge is 0.359 e. The van der Waals surface area contributed by atoms with Crippen molar-refractivity contribution in [2.24, 2.45) is 0 Å². The fourth-order valence-electron chi connectivity index (χ4n) is 1.32. The maximum absolute atomic E-state index is 11.2. The lowest BCUT2D eigenvalue weighted by molar-refractivity contribution is -0.121. The second-order valence-electron chi connectivity index (χ2n) is 3.14. The molecule has 0 aliphatic carbocycles. The average Bonchev–Trinajstić information content (AvgIpc) is 2.02. The zero-order chi connectivity index (χ0) is 9.90. The minimum Gasteiger partial charge on any atom is -0.359 e. The average molecular weight is 206 g/mol. The molecule has 13 heavy (non-hydrogen) atoms. The van der Waals surface area contributed by atoms with Crippen molar-refractivity contribution < 1.29 is 13.2 Å². The third-order valence-corrected chi connectivity index (χ3v) is 3.75. The van der Waals surface area contributed by atoms with E-state index in [1.807, 2.05) is 0 Å². The number of sulfone groups is 1. The van der Waals surface area contributed by atoms with Crippen molar-refractivity contribution in [3.05, 3.63) is 0 Å². The van der Waals surface area contributed by atoms with Crippen LogP contribution in [0, 0.1) is 0 Å². The molecule has 0 spiro atoms. The van der Waals surface area contributed by atoms with E-state index < -0.39 is 9.84 Å². The summed E-state index contributed by atoms with van der Waals surface area (Å²) in [6, 6.07) is -0.223. The molecule has 1 unspecified atom stereocenters. The maximum atomic E-state index is 11.2. The molecule has 1 fully saturated rings. The summed E-state index contributed by atoms with van der Waals surface area (Å²) in [6.07, 6.45) is 0.232. The molecular formula is C7H14N2O3S. The Morgan fingerprint density at radius 2 is 2.31 bits per heavy atom. The summed E-state index contributed by atoms with van der Waals surface area (Å²) in [4.78, 5) is 10.9. The van der Waals surface area contributed by atoms with Gasteiger partial charge in [-0.3, -0.25) is 4.79 Å². The van der Waals surface area contributed by atoms with E-state index in [1.54, 1.807) is 7.05 Å². The predicted octanol–water partition coefficient (Wildman–Crippen LogP) is -1.49. The summed E-state index contributed by atoms with van der Waals surface area (Å²) in [5, 5.41) is 5.47. The lowest BCUT2D eigenvalue weighted by Gasteiger charge is -2.22. The summed E-state index contributed by atoms with van der Waals surface area (Å²) >= 11 is 0. The lowest BCUT2D eigenvalue weighted by Crippen LogP contribution is -2.47. The molecule has 76 valence electrons. The number of amides is 1. The predicted molar refractivity (Wildman–Crippen MR) is 49.1 cm³/mol. The Hall–Kier alpha value is -0.620. The zero-order valence-electron chi connectivity index (χ0n) is 7.54. The highest BCUT2D eigenvalue weighted by molar-refractivity contribution is 7.91. The van der Waals surface area contributed by atoms with Gasteiger partial charge in [-0.2, -0.15) is 0 Å². The highest BCUT2D eigenvalue weighted by atomic mass is 32.2. The Morgan fingerprint density at radius 1 is 1.62 bits per heavy atom. The quantitative estimate of drug-likeness (QED) is 0.577. The van der Waals surface area contributed by atoms with Gasteiger partial charge in [0, 0.05) is 26.1 Å². The van der Waals surface area contributed by atoms with E-state index in [1.165, 1.54) is 0 Å². The Kier molecular flexibility index (Phi) is 3.27. The molecule has 1 rings (SSSR count). The number of hydrogen-bond donors (Lipinski definition) is 2. The molecule has 1 heterocycles. The highest BCUT2D eigenvalue weighted by Gasteiger charge is 2.25. The van der Waals surface area contributed by atoms with Gasteiger partial charge in [-0.15, -0.1) is 0 Å². The van der Waals surface area contributed by atoms with Crippen LogP contribution in [0.2, 0.25) is 0 Å². The SMILES string of the molecule is CNC(=O)CC1CS(=O)(=O)CCN1. The Balaban J connectivity index is 2.48. The standard InChI is InChI=1S/C7H14N2O3S/c1-8-7(10)4-6-5-13(11,12)3-2-9-6/h6,9H,2-5H2,1H3,(H,8,10). The molecule has 0 saturated carbocycles. The monoisotopic (exact) mass is 206 g/mol. The summed E-state index contributed by atoms with van der Waals surface area (Å²) in [5.74, 6) is 0.118. The molecular weight excluding hydrogens is 192 g/mol. The third-order valence-electron chi connectivity index (χ3n) is 2.01. The molecule has 0 bridgehead atoms. The van der Waals surface area contributed by atoms with Crippen molar-refractivity contribution in [3.63, 3.8) is 0 Å². The molecule has 0 aromatic heterocycles. The fraction of sp³-hybridized carbons (Fsp3) is 0.857. The molecule has 5 nitrogen and oxygen atoms in total. The smallest absolute Gasteiger partial charge is 0.221 e. The van der Waals surface area contributed by atoms with E-state index in [2.05, 4.69) is 10.6 Å². The molecule has 0 aromatic rings. The van der Waals surface area contributed by atoms with Gasteiger partial charge < -0.3 is 10.6 Å². The van der Waals surface area contributed by atoms with Crippen molar-refractivity contribution in [1.29, 1.82) is 0 Å². The lowest BCUT2D eigenvalue weighted by atomic mass is 10.2. The Morgan fingerprint density at radius 3 is 2.85 bits per heavy atom. The van der Waals surface area contributed by atoms with E-state index in [0.717, 1.165) is 0 Å². The number of rotatable bonds is 2. The summed E-state index contributed by atoms with van der Waals surface area (Å²) in [7, 11) is -1.39. The van der Waals surface area contributed by atoms with Gasteiger partial charge in [-0.1, -0.05) is 0 Å². The molecule has 0 radical (unpaired) electrons. The van der Waals surface area contributed by atoms with Crippen LogP contribution < -0.4 is 10.6 Å². The second kappa shape index (κ2) is 4.06. The highest BCUT2D eigenvalue weighted by Crippen LogP contribution is 2.04. The summed E-state index contributed by atoms with van der Waals surface area (Å²) in [5.41, 5.74) is 0. The van der Waals surface area contributed by atoms with Crippen molar-refractivity contribution in [3.8, 4) is 0 Å². The van der Waals surface area contributed by atoms with Gasteiger partial charge in [0.05, 0.1) is 11.5 Å². The molecule has 1 amide bonds. The second-order valence-corrected chi connectivity index (χ2v) is 5.37. The molecule has 1 aliphatic heterocycles. The normalized spacial score (nSPS) is 26.7. The van der Waals surface area contributed by atoms with E-state index in [-0.39, 0.29) is 29.9 Å². The first-order valence-electron chi connectivity index (χ1n) is 4.18. The van der Waals surface area contributed by atoms with Crippen LogP contribution >= 0.6 is 0 Å². The van der Waals surface area contributed by atoms with Gasteiger partial charge in [-0.05, 0) is 0 Å². The van der Waals surface area contributed by atoms with Crippen LogP contribution in [0.15, 0.2) is 0 Å². The van der Waals surface area contributed by atoms with E-state index >= 15 is 0 Å². The van der Waals surface area contributed by atoms with Crippen molar-refractivity contribution in [2.45, 2.75) is 12.5 Å². The minimum atomic E-state index is -2.93. The first-order chi connectivity index (χ1) is 6.03. The summed E-state index contributed by atoms with van der Waals surface area (Å²) < 4.78 is 22.3. The van der Waals surface area contributed by atoms with Crippen LogP contribution in [0.1, 0.15) is 6.42 Å². The number of nitrogens with one attached hydrogen (secondary N) is 2. The third kappa shape index (κ3) is 3.31. The number of carbonyl (C=O) groups excluding carboxylic acids is 1. The van der Waals surface area contributed by atoms with Crippen molar-refractivity contribution in [1.82, 2.24) is 10.6 Å². The van der Waals surface area contributed by atoms with Gasteiger partial charge in [-0.25, -0.2) is 8.42 Å². The van der Waals surface area contributed by atoms with Gasteiger partial charge >= 0.3 is 0 Å². The van der Waals surface area contributed by atoms with Crippen LogP contribution in [0.3, 0.4) is 0 Å². The molecule has 1 atom stereocenters. The molecule has 0 aromatic carbocycles. The van der Waals surface area contributed by atoms with Crippen molar-refractivity contribution in [2.75, 3.05) is 25.1 Å². The van der Waals surface area contributed by atoms with Gasteiger partial charge in [0.25, 0.3) is 0 Å². The molecule has 1 saturated heterocycles. The van der Waals surface area contributed by atoms with E-state index in [4.69, 9.17) is 0 Å². The van der Waals surface area contributed by atoms with E-state index in [9.17, 15) is 13.2 Å². The van der Waals surface area contributed by atoms with Gasteiger partial charge in [0.15, 0.2) is 9.84 Å². The van der Waals surface area contributed by atoms with Crippen LogP contribution in [0.5, 0.6) is 0 Å². The van der Waals surface area contributed by atoms with Crippen molar-refractivity contribution >= 4 is 15.7 Å². The molecule has 2 N–H and O–H groups in total. The van der Waals surface area contributed by atoms with Crippen LogP contribution in [-0.4, -0.2) is 45.5 Å². The fourth-order valence-corrected chi connectivity index (χ4v) is 2.77.